The molecule has 22 heavy (non-hydrogen) atoms. The first-order valence-electron chi connectivity index (χ1n) is 7.16. The first kappa shape index (κ1) is 14.4. The van der Waals surface area contributed by atoms with Gasteiger partial charge in [0.15, 0.2) is 5.82 Å². The van der Waals surface area contributed by atoms with E-state index in [2.05, 4.69) is 5.10 Å². The van der Waals surface area contributed by atoms with E-state index in [9.17, 15) is 9.59 Å². The Morgan fingerprint density at radius 3 is 2.45 bits per heavy atom. The highest BCUT2D eigenvalue weighted by Gasteiger charge is 2.33. The van der Waals surface area contributed by atoms with Crippen LogP contribution in [-0.2, 0) is 13.1 Å². The second-order valence-electron chi connectivity index (χ2n) is 5.68. The minimum atomic E-state index is -0.371. The topological polar surface area (TPSA) is 69.4 Å². The molecule has 1 aromatic heterocycles. The molecule has 116 valence electrons. The molecule has 3 rings (SSSR count). The Morgan fingerprint density at radius 1 is 1.23 bits per heavy atom. The molecular formula is C15H18N4O3. The fraction of sp³-hybridized carbons (Fsp3) is 0.400. The van der Waals surface area contributed by atoms with Crippen molar-refractivity contribution in [2.24, 2.45) is 5.92 Å². The Morgan fingerprint density at radius 2 is 1.91 bits per heavy atom. The van der Waals surface area contributed by atoms with Gasteiger partial charge in [-0.3, -0.25) is 4.90 Å². The summed E-state index contributed by atoms with van der Waals surface area (Å²) in [5.41, 5.74) is 0.343. The number of benzene rings is 1. The van der Waals surface area contributed by atoms with Crippen LogP contribution in [0.25, 0.3) is 0 Å². The Labute approximate surface area is 127 Å². The van der Waals surface area contributed by atoms with Crippen molar-refractivity contribution in [2.45, 2.75) is 26.9 Å². The molecule has 1 amide bonds. The van der Waals surface area contributed by atoms with E-state index in [1.165, 1.54) is 9.58 Å². The lowest BCUT2D eigenvalue weighted by Gasteiger charge is -2.15. The van der Waals surface area contributed by atoms with E-state index >= 15 is 0 Å². The minimum absolute atomic E-state index is 0.293. The molecule has 2 heterocycles. The summed E-state index contributed by atoms with van der Waals surface area (Å²) in [7, 11) is 1.59. The maximum Gasteiger partial charge on any atom is 0.354 e. The highest BCUT2D eigenvalue weighted by atomic mass is 16.5. The molecule has 0 bridgehead atoms. The van der Waals surface area contributed by atoms with Gasteiger partial charge in [0.1, 0.15) is 5.75 Å². The molecule has 0 N–H and O–H groups in total. The standard InChI is InChI=1S/C15H18N4O3/c1-10(2)8-18-15(21)19-13(16-18)9-17(14(19)20)11-4-6-12(22-3)7-5-11/h4-7,10H,8-9H2,1-3H3. The molecule has 1 aromatic carbocycles. The van der Waals surface area contributed by atoms with Gasteiger partial charge in [-0.15, -0.1) is 0 Å². The molecule has 0 unspecified atom stereocenters. The number of carbonyl (C=O) groups excluding carboxylic acids is 1. The van der Waals surface area contributed by atoms with Gasteiger partial charge >= 0.3 is 11.7 Å². The fourth-order valence-corrected chi connectivity index (χ4v) is 2.51. The molecule has 0 fully saturated rings. The van der Waals surface area contributed by atoms with E-state index in [0.717, 1.165) is 4.57 Å². The fourth-order valence-electron chi connectivity index (χ4n) is 2.51. The zero-order chi connectivity index (χ0) is 15.9. The number of methoxy groups -OCH3 is 1. The van der Waals surface area contributed by atoms with Gasteiger partial charge in [-0.05, 0) is 30.2 Å². The molecule has 0 spiro atoms. The molecule has 1 aliphatic heterocycles. The summed E-state index contributed by atoms with van der Waals surface area (Å²) in [6.07, 6.45) is 0. The van der Waals surface area contributed by atoms with Gasteiger partial charge in [-0.2, -0.15) is 9.67 Å². The van der Waals surface area contributed by atoms with Crippen LogP contribution >= 0.6 is 0 Å². The van der Waals surface area contributed by atoms with Gasteiger partial charge in [-0.25, -0.2) is 14.3 Å². The number of nitrogens with zero attached hydrogens (tertiary/aromatic N) is 4. The number of amides is 1. The molecule has 0 saturated heterocycles. The van der Waals surface area contributed by atoms with E-state index in [-0.39, 0.29) is 11.7 Å². The summed E-state index contributed by atoms with van der Waals surface area (Å²) in [6, 6.07) is 6.77. The third kappa shape index (κ3) is 2.28. The maximum atomic E-state index is 12.5. The maximum absolute atomic E-state index is 12.5. The first-order chi connectivity index (χ1) is 10.5. The SMILES string of the molecule is COc1ccc(N2Cc3nn(CC(C)C)c(=O)n3C2=O)cc1. The lowest BCUT2D eigenvalue weighted by Crippen LogP contribution is -2.35. The summed E-state index contributed by atoms with van der Waals surface area (Å²) >= 11 is 0. The predicted octanol–water partition coefficient (Wildman–Crippen LogP) is 1.70. The van der Waals surface area contributed by atoms with E-state index in [1.54, 1.807) is 31.4 Å². The number of rotatable bonds is 4. The highest BCUT2D eigenvalue weighted by Crippen LogP contribution is 2.24. The van der Waals surface area contributed by atoms with Crippen LogP contribution in [0.15, 0.2) is 29.1 Å². The Balaban J connectivity index is 1.90. The van der Waals surface area contributed by atoms with Crippen LogP contribution in [0.4, 0.5) is 10.5 Å². The molecule has 7 heteroatoms. The summed E-state index contributed by atoms with van der Waals surface area (Å²) < 4.78 is 7.61. The van der Waals surface area contributed by atoms with E-state index in [0.29, 0.717) is 36.3 Å². The molecule has 0 saturated carbocycles. The molecule has 0 radical (unpaired) electrons. The number of hydrogen-bond donors (Lipinski definition) is 0. The summed E-state index contributed by atoms with van der Waals surface area (Å²) in [4.78, 5) is 26.3. The second kappa shape index (κ2) is 5.32. The Kier molecular flexibility index (Phi) is 3.48. The van der Waals surface area contributed by atoms with Crippen LogP contribution in [0.3, 0.4) is 0 Å². The van der Waals surface area contributed by atoms with E-state index in [1.807, 2.05) is 13.8 Å². The number of anilines is 1. The van der Waals surface area contributed by atoms with Crippen LogP contribution in [0.2, 0.25) is 0 Å². The van der Waals surface area contributed by atoms with Crippen molar-refractivity contribution in [2.75, 3.05) is 12.0 Å². The summed E-state index contributed by atoms with van der Waals surface area (Å²) in [6.45, 7) is 4.81. The molecule has 0 atom stereocenters. The van der Waals surface area contributed by atoms with E-state index < -0.39 is 0 Å². The van der Waals surface area contributed by atoms with Crippen molar-refractivity contribution < 1.29 is 9.53 Å². The second-order valence-corrected chi connectivity index (χ2v) is 5.68. The summed E-state index contributed by atoms with van der Waals surface area (Å²) in [5.74, 6) is 1.49. The average molecular weight is 302 g/mol. The first-order valence-corrected chi connectivity index (χ1v) is 7.16. The van der Waals surface area contributed by atoms with Crippen molar-refractivity contribution in [1.29, 1.82) is 0 Å². The number of carbonyl (C=O) groups is 1. The summed E-state index contributed by atoms with van der Waals surface area (Å²) in [5, 5.41) is 4.27. The lowest BCUT2D eigenvalue weighted by molar-refractivity contribution is 0.249. The molecular weight excluding hydrogens is 284 g/mol. The van der Waals surface area contributed by atoms with Gasteiger partial charge in [0.25, 0.3) is 0 Å². The van der Waals surface area contributed by atoms with Crippen LogP contribution in [0.1, 0.15) is 19.7 Å². The van der Waals surface area contributed by atoms with Crippen LogP contribution in [0, 0.1) is 5.92 Å². The molecule has 0 aliphatic carbocycles. The van der Waals surface area contributed by atoms with Crippen LogP contribution in [-0.4, -0.2) is 27.5 Å². The number of hydrogen-bond acceptors (Lipinski definition) is 4. The van der Waals surface area contributed by atoms with Crippen molar-refractivity contribution in [3.05, 3.63) is 40.6 Å². The zero-order valence-corrected chi connectivity index (χ0v) is 12.8. The van der Waals surface area contributed by atoms with Crippen molar-refractivity contribution in [3.63, 3.8) is 0 Å². The van der Waals surface area contributed by atoms with Crippen molar-refractivity contribution >= 4 is 11.7 Å². The van der Waals surface area contributed by atoms with E-state index in [4.69, 9.17) is 4.74 Å². The van der Waals surface area contributed by atoms with Gasteiger partial charge in [0, 0.05) is 12.2 Å². The monoisotopic (exact) mass is 302 g/mol. The Bertz CT molecular complexity index is 758. The van der Waals surface area contributed by atoms with Gasteiger partial charge in [0.2, 0.25) is 0 Å². The minimum Gasteiger partial charge on any atom is -0.497 e. The number of ether oxygens (including phenoxy) is 1. The number of aromatic nitrogens is 3. The average Bonchev–Trinajstić information content (AvgIpc) is 2.97. The third-order valence-corrected chi connectivity index (χ3v) is 3.55. The smallest absolute Gasteiger partial charge is 0.354 e. The van der Waals surface area contributed by atoms with Crippen molar-refractivity contribution in [1.82, 2.24) is 14.3 Å². The molecule has 2 aromatic rings. The zero-order valence-electron chi connectivity index (χ0n) is 12.8. The third-order valence-electron chi connectivity index (χ3n) is 3.55. The quantitative estimate of drug-likeness (QED) is 0.862. The number of fused-ring (bicyclic) bond motifs is 1. The largest absolute Gasteiger partial charge is 0.497 e. The molecule has 7 nitrogen and oxygen atoms in total. The van der Waals surface area contributed by atoms with Gasteiger partial charge < -0.3 is 4.74 Å². The van der Waals surface area contributed by atoms with Crippen LogP contribution < -0.4 is 15.3 Å². The van der Waals surface area contributed by atoms with Gasteiger partial charge in [0.05, 0.1) is 13.7 Å². The predicted molar refractivity (Wildman–Crippen MR) is 81.3 cm³/mol. The normalized spacial score (nSPS) is 13.8. The van der Waals surface area contributed by atoms with Crippen LogP contribution in [0.5, 0.6) is 5.75 Å². The molecule has 1 aliphatic rings. The highest BCUT2D eigenvalue weighted by molar-refractivity contribution is 5.96. The Hall–Kier alpha value is -2.57. The van der Waals surface area contributed by atoms with Gasteiger partial charge in [-0.1, -0.05) is 13.8 Å². The van der Waals surface area contributed by atoms with Crippen molar-refractivity contribution in [3.8, 4) is 5.75 Å². The lowest BCUT2D eigenvalue weighted by atomic mass is 10.2.